The standard InChI is InChI=1S/C24H32ClN3O3/c1-16-13-26-23(31-16)18-6-10-20(11-7-18)28-14-22(24(29)27(2)3)30-15-21(28)12-17-4-8-19(25)9-5-17/h4-5,8-9,13,18,20-22H,6-7,10-12,14-15H2,1-3H3. The van der Waals surface area contributed by atoms with E-state index in [1.807, 2.05) is 25.3 Å². The van der Waals surface area contributed by atoms with E-state index in [-0.39, 0.29) is 11.9 Å². The van der Waals surface area contributed by atoms with Gasteiger partial charge in [0.1, 0.15) is 11.9 Å². The first-order valence-electron chi connectivity index (χ1n) is 11.2. The fourth-order valence-electron chi connectivity index (χ4n) is 4.88. The number of carbonyl (C=O) groups is 1. The highest BCUT2D eigenvalue weighted by atomic mass is 35.5. The highest BCUT2D eigenvalue weighted by Gasteiger charge is 2.39. The molecule has 2 heterocycles. The number of ether oxygens (including phenoxy) is 1. The average Bonchev–Trinajstić information content (AvgIpc) is 3.21. The first kappa shape index (κ1) is 22.3. The Morgan fingerprint density at radius 1 is 1.19 bits per heavy atom. The molecule has 2 aliphatic rings. The van der Waals surface area contributed by atoms with Crippen molar-refractivity contribution in [3.8, 4) is 0 Å². The van der Waals surface area contributed by atoms with Crippen molar-refractivity contribution in [1.29, 1.82) is 0 Å². The molecule has 1 saturated heterocycles. The summed E-state index contributed by atoms with van der Waals surface area (Å²) in [5.41, 5.74) is 1.24. The number of rotatable bonds is 5. The molecular formula is C24H32ClN3O3. The van der Waals surface area contributed by atoms with Gasteiger partial charge in [0.15, 0.2) is 5.89 Å². The van der Waals surface area contributed by atoms with Crippen LogP contribution in [0.1, 0.15) is 48.8 Å². The molecule has 2 unspecified atom stereocenters. The predicted molar refractivity (Wildman–Crippen MR) is 120 cm³/mol. The molecule has 168 valence electrons. The van der Waals surface area contributed by atoms with Crippen LogP contribution < -0.4 is 0 Å². The Hall–Kier alpha value is -1.89. The predicted octanol–water partition coefficient (Wildman–Crippen LogP) is 4.06. The number of amides is 1. The molecule has 0 bridgehead atoms. The van der Waals surface area contributed by atoms with Crippen molar-refractivity contribution in [2.45, 2.75) is 63.1 Å². The largest absolute Gasteiger partial charge is 0.446 e. The van der Waals surface area contributed by atoms with Crippen LogP contribution in [-0.2, 0) is 16.0 Å². The lowest BCUT2D eigenvalue weighted by molar-refractivity contribution is -0.153. The van der Waals surface area contributed by atoms with Gasteiger partial charge in [0.25, 0.3) is 5.91 Å². The van der Waals surface area contributed by atoms with Gasteiger partial charge in [0, 0.05) is 43.7 Å². The fraction of sp³-hybridized carbons (Fsp3) is 0.583. The number of carbonyl (C=O) groups excluding carboxylic acids is 1. The molecule has 31 heavy (non-hydrogen) atoms. The molecule has 2 fully saturated rings. The van der Waals surface area contributed by atoms with Crippen molar-refractivity contribution in [3.63, 3.8) is 0 Å². The molecule has 6 nitrogen and oxygen atoms in total. The molecule has 7 heteroatoms. The van der Waals surface area contributed by atoms with E-state index in [1.165, 1.54) is 5.56 Å². The molecule has 0 spiro atoms. The minimum Gasteiger partial charge on any atom is -0.446 e. The Labute approximate surface area is 189 Å². The smallest absolute Gasteiger partial charge is 0.252 e. The fourth-order valence-corrected chi connectivity index (χ4v) is 5.01. The van der Waals surface area contributed by atoms with E-state index in [2.05, 4.69) is 22.0 Å². The number of likely N-dealkylation sites (N-methyl/N-ethyl adjacent to an activating group) is 1. The van der Waals surface area contributed by atoms with E-state index in [1.54, 1.807) is 19.0 Å². The number of nitrogens with zero attached hydrogens (tertiary/aromatic N) is 3. The van der Waals surface area contributed by atoms with Crippen molar-refractivity contribution in [2.75, 3.05) is 27.2 Å². The zero-order chi connectivity index (χ0) is 22.0. The summed E-state index contributed by atoms with van der Waals surface area (Å²) in [5, 5.41) is 0.747. The SMILES string of the molecule is Cc1cnc(C2CCC(N3CC(C(=O)N(C)C)OCC3Cc3ccc(Cl)cc3)CC2)o1. The lowest BCUT2D eigenvalue weighted by Gasteiger charge is -2.46. The van der Waals surface area contributed by atoms with Gasteiger partial charge in [0.05, 0.1) is 12.8 Å². The Bertz CT molecular complexity index is 874. The lowest BCUT2D eigenvalue weighted by atomic mass is 9.84. The molecule has 0 N–H and O–H groups in total. The van der Waals surface area contributed by atoms with Crippen molar-refractivity contribution >= 4 is 17.5 Å². The van der Waals surface area contributed by atoms with Crippen LogP contribution >= 0.6 is 11.6 Å². The highest BCUT2D eigenvalue weighted by molar-refractivity contribution is 6.30. The van der Waals surface area contributed by atoms with Crippen molar-refractivity contribution in [1.82, 2.24) is 14.8 Å². The number of oxazole rings is 1. The molecule has 2 atom stereocenters. The summed E-state index contributed by atoms with van der Waals surface area (Å²) in [4.78, 5) is 21.2. The molecule has 1 amide bonds. The van der Waals surface area contributed by atoms with E-state index in [0.29, 0.717) is 25.1 Å². The van der Waals surface area contributed by atoms with E-state index in [9.17, 15) is 4.79 Å². The molecule has 1 saturated carbocycles. The molecule has 2 aromatic rings. The van der Waals surface area contributed by atoms with E-state index < -0.39 is 6.10 Å². The van der Waals surface area contributed by atoms with Crippen molar-refractivity contribution in [3.05, 3.63) is 52.7 Å². The second kappa shape index (κ2) is 9.72. The molecule has 4 rings (SSSR count). The van der Waals surface area contributed by atoms with Gasteiger partial charge in [-0.2, -0.15) is 0 Å². The van der Waals surface area contributed by atoms with Crippen LogP contribution in [0.5, 0.6) is 0 Å². The van der Waals surface area contributed by atoms with Gasteiger partial charge < -0.3 is 14.1 Å². The van der Waals surface area contributed by atoms with Crippen LogP contribution in [-0.4, -0.2) is 66.1 Å². The molecule has 1 aromatic heterocycles. The van der Waals surface area contributed by atoms with Crippen molar-refractivity contribution < 1.29 is 13.9 Å². The maximum atomic E-state index is 12.6. The Kier molecular flexibility index (Phi) is 6.99. The summed E-state index contributed by atoms with van der Waals surface area (Å²) in [6.45, 7) is 3.15. The zero-order valence-corrected chi connectivity index (χ0v) is 19.3. The average molecular weight is 446 g/mol. The Morgan fingerprint density at radius 3 is 2.52 bits per heavy atom. The summed E-state index contributed by atoms with van der Waals surface area (Å²) in [6.07, 6.45) is 6.56. The molecule has 1 aromatic carbocycles. The highest BCUT2D eigenvalue weighted by Crippen LogP contribution is 2.36. The summed E-state index contributed by atoms with van der Waals surface area (Å²) < 4.78 is 11.8. The number of hydrogen-bond donors (Lipinski definition) is 0. The van der Waals surface area contributed by atoms with Gasteiger partial charge in [-0.1, -0.05) is 23.7 Å². The summed E-state index contributed by atoms with van der Waals surface area (Å²) in [6, 6.07) is 8.72. The number of aryl methyl sites for hydroxylation is 1. The maximum Gasteiger partial charge on any atom is 0.252 e. The van der Waals surface area contributed by atoms with Gasteiger partial charge in [-0.15, -0.1) is 0 Å². The van der Waals surface area contributed by atoms with Gasteiger partial charge in [-0.3, -0.25) is 9.69 Å². The Balaban J connectivity index is 1.46. The van der Waals surface area contributed by atoms with Crippen LogP contribution in [0, 0.1) is 6.92 Å². The monoisotopic (exact) mass is 445 g/mol. The topological polar surface area (TPSA) is 58.8 Å². The van der Waals surface area contributed by atoms with E-state index in [4.69, 9.17) is 20.8 Å². The first-order valence-corrected chi connectivity index (χ1v) is 11.5. The minimum absolute atomic E-state index is 0.0406. The lowest BCUT2D eigenvalue weighted by Crippen LogP contribution is -2.58. The van der Waals surface area contributed by atoms with Gasteiger partial charge >= 0.3 is 0 Å². The van der Waals surface area contributed by atoms with Crippen molar-refractivity contribution in [2.24, 2.45) is 0 Å². The van der Waals surface area contributed by atoms with Gasteiger partial charge in [-0.05, 0) is 56.7 Å². The first-order chi connectivity index (χ1) is 14.9. The molecular weight excluding hydrogens is 414 g/mol. The maximum absolute atomic E-state index is 12.6. The normalized spacial score (nSPS) is 27.2. The van der Waals surface area contributed by atoms with E-state index >= 15 is 0 Å². The number of morpholine rings is 1. The third-order valence-electron chi connectivity index (χ3n) is 6.59. The number of aromatic nitrogens is 1. The third-order valence-corrected chi connectivity index (χ3v) is 6.84. The number of benzene rings is 1. The summed E-state index contributed by atoms with van der Waals surface area (Å²) >= 11 is 6.06. The van der Waals surface area contributed by atoms with Crippen LogP contribution in [0.15, 0.2) is 34.9 Å². The van der Waals surface area contributed by atoms with Crippen LogP contribution in [0.2, 0.25) is 5.02 Å². The zero-order valence-electron chi connectivity index (χ0n) is 18.6. The molecule has 1 aliphatic carbocycles. The number of halogens is 1. The quantitative estimate of drug-likeness (QED) is 0.694. The third kappa shape index (κ3) is 5.30. The van der Waals surface area contributed by atoms with Crippen LogP contribution in [0.4, 0.5) is 0 Å². The van der Waals surface area contributed by atoms with Gasteiger partial charge in [0.2, 0.25) is 0 Å². The van der Waals surface area contributed by atoms with Gasteiger partial charge in [-0.25, -0.2) is 4.98 Å². The summed E-state index contributed by atoms with van der Waals surface area (Å²) in [7, 11) is 3.58. The summed E-state index contributed by atoms with van der Waals surface area (Å²) in [5.74, 6) is 2.17. The van der Waals surface area contributed by atoms with Crippen LogP contribution in [0.25, 0.3) is 0 Å². The Morgan fingerprint density at radius 2 is 1.90 bits per heavy atom. The molecule has 1 aliphatic heterocycles. The second-order valence-electron chi connectivity index (χ2n) is 9.05. The molecule has 0 radical (unpaired) electrons. The number of hydrogen-bond acceptors (Lipinski definition) is 5. The van der Waals surface area contributed by atoms with E-state index in [0.717, 1.165) is 48.8 Å². The van der Waals surface area contributed by atoms with Crippen LogP contribution in [0.3, 0.4) is 0 Å². The second-order valence-corrected chi connectivity index (χ2v) is 9.49. The minimum atomic E-state index is -0.399.